The normalized spacial score (nSPS) is 17.1. The molecule has 1 heterocycles. The van der Waals surface area contributed by atoms with Gasteiger partial charge in [0.05, 0.1) is 21.8 Å². The first-order valence-corrected chi connectivity index (χ1v) is 6.67. The molecule has 0 saturated heterocycles. The summed E-state index contributed by atoms with van der Waals surface area (Å²) < 4.78 is 43.4. The number of nitrogens with one attached hydrogen (secondary N) is 1. The average Bonchev–Trinajstić information content (AvgIpc) is 2.77. The zero-order valence-corrected chi connectivity index (χ0v) is 11.7. The largest absolute Gasteiger partial charge is 0.434 e. The number of hydrogen-bond acceptors (Lipinski definition) is 3. The highest BCUT2D eigenvalue weighted by Gasteiger charge is 2.33. The van der Waals surface area contributed by atoms with Crippen molar-refractivity contribution in [3.05, 3.63) is 64.2 Å². The Balaban J connectivity index is 1.93. The highest BCUT2D eigenvalue weighted by atomic mass is 35.5. The summed E-state index contributed by atoms with van der Waals surface area (Å²) in [5, 5.41) is 2.84. The Morgan fingerprint density at radius 1 is 1.14 bits per heavy atom. The molecule has 0 saturated carbocycles. The summed E-state index contributed by atoms with van der Waals surface area (Å²) in [5.74, 6) is -0.531. The maximum atomic E-state index is 12.8. The van der Waals surface area contributed by atoms with E-state index in [0.717, 1.165) is 18.2 Å². The molecule has 1 aliphatic heterocycles. The fraction of sp³-hybridized carbons (Fsp3) is 0.133. The fourth-order valence-electron chi connectivity index (χ4n) is 2.21. The van der Waals surface area contributed by atoms with E-state index in [1.807, 2.05) is 0 Å². The first-order valence-electron chi connectivity index (χ1n) is 6.29. The van der Waals surface area contributed by atoms with Crippen LogP contribution >= 0.6 is 11.6 Å². The van der Waals surface area contributed by atoms with E-state index in [2.05, 4.69) is 5.32 Å². The molecule has 1 aliphatic rings. The standard InChI is InChI=1S/C15H9ClF3NO2/c16-11-6-5-8(15(17,18)19)7-12(11)20-13-9-3-1-2-4-10(9)14(21)22-13/h1-7,13,20H. The molecule has 0 spiro atoms. The van der Waals surface area contributed by atoms with Crippen LogP contribution in [0.3, 0.4) is 0 Å². The van der Waals surface area contributed by atoms with E-state index in [1.165, 1.54) is 0 Å². The number of carbonyl (C=O) groups is 1. The number of esters is 1. The number of fused-ring (bicyclic) bond motifs is 1. The number of cyclic esters (lactones) is 1. The van der Waals surface area contributed by atoms with Crippen LogP contribution in [0.15, 0.2) is 42.5 Å². The van der Waals surface area contributed by atoms with Crippen LogP contribution in [0.1, 0.15) is 27.7 Å². The topological polar surface area (TPSA) is 38.3 Å². The second-order valence-corrected chi connectivity index (χ2v) is 5.12. The highest BCUT2D eigenvalue weighted by molar-refractivity contribution is 6.33. The van der Waals surface area contributed by atoms with Crippen LogP contribution in [0.25, 0.3) is 0 Å². The molecule has 0 radical (unpaired) electrons. The molecule has 1 unspecified atom stereocenters. The van der Waals surface area contributed by atoms with Crippen LogP contribution in [0, 0.1) is 0 Å². The maximum Gasteiger partial charge on any atom is 0.416 e. The van der Waals surface area contributed by atoms with Crippen molar-refractivity contribution in [2.45, 2.75) is 12.4 Å². The summed E-state index contributed by atoms with van der Waals surface area (Å²) in [4.78, 5) is 11.7. The van der Waals surface area contributed by atoms with Crippen molar-refractivity contribution in [2.75, 3.05) is 5.32 Å². The Kier molecular flexibility index (Phi) is 3.48. The third-order valence-electron chi connectivity index (χ3n) is 3.27. The minimum Gasteiger partial charge on any atom is -0.434 e. The van der Waals surface area contributed by atoms with E-state index in [-0.39, 0.29) is 10.7 Å². The van der Waals surface area contributed by atoms with Gasteiger partial charge in [0.1, 0.15) is 0 Å². The second-order valence-electron chi connectivity index (χ2n) is 4.71. The van der Waals surface area contributed by atoms with E-state index in [4.69, 9.17) is 16.3 Å². The predicted octanol–water partition coefficient (Wildman–Crippen LogP) is 4.64. The summed E-state index contributed by atoms with van der Waals surface area (Å²) in [6.07, 6.45) is -5.35. The Bertz CT molecular complexity index is 746. The quantitative estimate of drug-likeness (QED) is 0.817. The van der Waals surface area contributed by atoms with Gasteiger partial charge in [0.2, 0.25) is 6.23 Å². The van der Waals surface area contributed by atoms with Gasteiger partial charge in [0.15, 0.2) is 0 Å². The maximum absolute atomic E-state index is 12.8. The van der Waals surface area contributed by atoms with Crippen molar-refractivity contribution < 1.29 is 22.7 Å². The first kappa shape index (κ1) is 14.7. The van der Waals surface area contributed by atoms with Gasteiger partial charge < -0.3 is 10.1 Å². The van der Waals surface area contributed by atoms with E-state index in [0.29, 0.717) is 11.1 Å². The van der Waals surface area contributed by atoms with Crippen LogP contribution in [0.4, 0.5) is 18.9 Å². The van der Waals surface area contributed by atoms with E-state index >= 15 is 0 Å². The van der Waals surface area contributed by atoms with Crippen molar-refractivity contribution in [1.29, 1.82) is 0 Å². The third kappa shape index (κ3) is 2.62. The number of benzene rings is 2. The zero-order chi connectivity index (χ0) is 15.9. The highest BCUT2D eigenvalue weighted by Crippen LogP contribution is 2.37. The van der Waals surface area contributed by atoms with Gasteiger partial charge in [-0.1, -0.05) is 29.8 Å². The van der Waals surface area contributed by atoms with Gasteiger partial charge in [-0.05, 0) is 24.3 Å². The molecule has 0 bridgehead atoms. The molecule has 7 heteroatoms. The van der Waals surface area contributed by atoms with E-state index in [1.54, 1.807) is 24.3 Å². The van der Waals surface area contributed by atoms with Crippen molar-refractivity contribution in [3.8, 4) is 0 Å². The molecule has 1 N–H and O–H groups in total. The lowest BCUT2D eigenvalue weighted by molar-refractivity contribution is -0.137. The van der Waals surface area contributed by atoms with Crippen LogP contribution in [-0.4, -0.2) is 5.97 Å². The molecule has 22 heavy (non-hydrogen) atoms. The molecule has 114 valence electrons. The van der Waals surface area contributed by atoms with E-state index < -0.39 is 23.9 Å². The Labute approximate surface area is 128 Å². The van der Waals surface area contributed by atoms with E-state index in [9.17, 15) is 18.0 Å². The molecule has 2 aromatic rings. The Morgan fingerprint density at radius 2 is 1.86 bits per heavy atom. The first-order chi connectivity index (χ1) is 10.4. The Morgan fingerprint density at radius 3 is 2.59 bits per heavy atom. The van der Waals surface area contributed by atoms with Gasteiger partial charge in [-0.3, -0.25) is 0 Å². The molecular formula is C15H9ClF3NO2. The summed E-state index contributed by atoms with van der Waals surface area (Å²) in [7, 11) is 0. The minimum atomic E-state index is -4.48. The van der Waals surface area contributed by atoms with Crippen molar-refractivity contribution in [1.82, 2.24) is 0 Å². The number of anilines is 1. The molecular weight excluding hydrogens is 319 g/mol. The van der Waals surface area contributed by atoms with Crippen LogP contribution in [0.2, 0.25) is 5.02 Å². The van der Waals surface area contributed by atoms with Crippen molar-refractivity contribution >= 4 is 23.3 Å². The predicted molar refractivity (Wildman–Crippen MR) is 74.7 cm³/mol. The third-order valence-corrected chi connectivity index (χ3v) is 3.60. The lowest BCUT2D eigenvalue weighted by Gasteiger charge is -2.17. The number of halogens is 4. The van der Waals surface area contributed by atoms with Gasteiger partial charge in [-0.2, -0.15) is 13.2 Å². The molecule has 0 amide bonds. The van der Waals surface area contributed by atoms with Gasteiger partial charge >= 0.3 is 12.1 Å². The molecule has 3 nitrogen and oxygen atoms in total. The molecule has 3 rings (SSSR count). The van der Waals surface area contributed by atoms with Crippen LogP contribution < -0.4 is 5.32 Å². The second kappa shape index (κ2) is 5.21. The summed E-state index contributed by atoms with van der Waals surface area (Å²) in [5.41, 5.74) is 0.145. The van der Waals surface area contributed by atoms with Crippen molar-refractivity contribution in [3.63, 3.8) is 0 Å². The minimum absolute atomic E-state index is 0.0472. The summed E-state index contributed by atoms with van der Waals surface area (Å²) in [6.45, 7) is 0. The van der Waals surface area contributed by atoms with Crippen LogP contribution in [0.5, 0.6) is 0 Å². The van der Waals surface area contributed by atoms with Gasteiger partial charge in [-0.15, -0.1) is 0 Å². The monoisotopic (exact) mass is 327 g/mol. The smallest absolute Gasteiger partial charge is 0.416 e. The number of alkyl halides is 3. The van der Waals surface area contributed by atoms with Gasteiger partial charge in [-0.25, -0.2) is 4.79 Å². The lowest BCUT2D eigenvalue weighted by atomic mass is 10.1. The fourth-order valence-corrected chi connectivity index (χ4v) is 2.38. The number of ether oxygens (including phenoxy) is 1. The summed E-state index contributed by atoms with van der Waals surface area (Å²) in [6, 6.07) is 9.57. The molecule has 1 atom stereocenters. The SMILES string of the molecule is O=C1OC(Nc2cc(C(F)(F)F)ccc2Cl)c2ccccc21. The lowest BCUT2D eigenvalue weighted by Crippen LogP contribution is -2.12. The molecule has 0 aromatic heterocycles. The zero-order valence-electron chi connectivity index (χ0n) is 10.9. The number of hydrogen-bond donors (Lipinski definition) is 1. The van der Waals surface area contributed by atoms with Crippen LogP contribution in [-0.2, 0) is 10.9 Å². The summed E-state index contributed by atoms with van der Waals surface area (Å²) >= 11 is 5.92. The van der Waals surface area contributed by atoms with Gasteiger partial charge in [0, 0.05) is 5.56 Å². The van der Waals surface area contributed by atoms with Crippen molar-refractivity contribution in [2.24, 2.45) is 0 Å². The average molecular weight is 328 g/mol. The van der Waals surface area contributed by atoms with Gasteiger partial charge in [0.25, 0.3) is 0 Å². The molecule has 0 aliphatic carbocycles. The Hall–Kier alpha value is -2.21. The number of carbonyl (C=O) groups excluding carboxylic acids is 1. The molecule has 2 aromatic carbocycles. The number of rotatable bonds is 2. The molecule has 0 fully saturated rings.